The highest BCUT2D eigenvalue weighted by Gasteiger charge is 2.28. The lowest BCUT2D eigenvalue weighted by Gasteiger charge is -2.40. The highest BCUT2D eigenvalue weighted by Crippen LogP contribution is 2.30. The Labute approximate surface area is 181 Å². The topological polar surface area (TPSA) is 36.4 Å². The van der Waals surface area contributed by atoms with E-state index < -0.39 is 0 Å². The Morgan fingerprint density at radius 1 is 0.839 bits per heavy atom. The van der Waals surface area contributed by atoms with Gasteiger partial charge in [0.2, 0.25) is 5.91 Å². The molecular weight excluding hydrogens is 396 g/mol. The van der Waals surface area contributed by atoms with Crippen LogP contribution in [-0.4, -0.2) is 46.9 Å². The molecule has 0 aliphatic carbocycles. The fourth-order valence-electron chi connectivity index (χ4n) is 4.07. The molecule has 1 aliphatic heterocycles. The summed E-state index contributed by atoms with van der Waals surface area (Å²) < 4.78 is 26.9. The number of pyridine rings is 1. The van der Waals surface area contributed by atoms with Crippen molar-refractivity contribution in [1.82, 2.24) is 14.8 Å². The first-order valence-electron chi connectivity index (χ1n) is 10.5. The monoisotopic (exact) mass is 421 g/mol. The number of piperazine rings is 1. The summed E-state index contributed by atoms with van der Waals surface area (Å²) in [6, 6.07) is 18.5. The molecule has 1 aromatic heterocycles. The van der Waals surface area contributed by atoms with Crippen molar-refractivity contribution in [3.63, 3.8) is 0 Å². The van der Waals surface area contributed by atoms with E-state index in [4.69, 9.17) is 0 Å². The van der Waals surface area contributed by atoms with Gasteiger partial charge >= 0.3 is 0 Å². The van der Waals surface area contributed by atoms with E-state index in [1.807, 2.05) is 23.1 Å². The zero-order valence-corrected chi connectivity index (χ0v) is 17.3. The molecule has 0 radical (unpaired) electrons. The van der Waals surface area contributed by atoms with Gasteiger partial charge in [-0.25, -0.2) is 8.78 Å². The molecule has 3 aromatic rings. The number of nitrogens with zero attached hydrogens (tertiary/aromatic N) is 3. The number of aryl methyl sites for hydroxylation is 1. The summed E-state index contributed by atoms with van der Waals surface area (Å²) in [6.45, 7) is 2.63. The number of hydrogen-bond donors (Lipinski definition) is 0. The van der Waals surface area contributed by atoms with E-state index in [1.54, 1.807) is 30.5 Å². The molecule has 31 heavy (non-hydrogen) atoms. The van der Waals surface area contributed by atoms with Crippen molar-refractivity contribution in [2.45, 2.75) is 18.9 Å². The van der Waals surface area contributed by atoms with Gasteiger partial charge in [-0.1, -0.05) is 30.3 Å². The summed E-state index contributed by atoms with van der Waals surface area (Å²) in [4.78, 5) is 21.1. The van der Waals surface area contributed by atoms with Crippen molar-refractivity contribution >= 4 is 5.91 Å². The van der Waals surface area contributed by atoms with E-state index in [0.29, 0.717) is 39.0 Å². The lowest BCUT2D eigenvalue weighted by molar-refractivity contribution is -0.133. The van der Waals surface area contributed by atoms with Crippen molar-refractivity contribution in [3.05, 3.63) is 101 Å². The molecule has 0 unspecified atom stereocenters. The van der Waals surface area contributed by atoms with E-state index in [9.17, 15) is 13.6 Å². The molecule has 4 nitrogen and oxygen atoms in total. The minimum atomic E-state index is -0.287. The third-order valence-electron chi connectivity index (χ3n) is 5.72. The van der Waals surface area contributed by atoms with E-state index in [-0.39, 0.29) is 23.6 Å². The average Bonchev–Trinajstić information content (AvgIpc) is 2.81. The lowest BCUT2D eigenvalue weighted by atomic mass is 9.96. The number of carbonyl (C=O) groups is 1. The predicted molar refractivity (Wildman–Crippen MR) is 115 cm³/mol. The number of benzene rings is 2. The summed E-state index contributed by atoms with van der Waals surface area (Å²) in [7, 11) is 0. The average molecular weight is 421 g/mol. The smallest absolute Gasteiger partial charge is 0.223 e. The second-order valence-electron chi connectivity index (χ2n) is 7.74. The van der Waals surface area contributed by atoms with Crippen molar-refractivity contribution in [2.24, 2.45) is 0 Å². The number of hydrogen-bond acceptors (Lipinski definition) is 3. The highest BCUT2D eigenvalue weighted by atomic mass is 19.1. The number of carbonyl (C=O) groups excluding carboxylic acids is 1. The molecule has 0 spiro atoms. The first-order valence-corrected chi connectivity index (χ1v) is 10.5. The molecule has 1 saturated heterocycles. The van der Waals surface area contributed by atoms with Crippen molar-refractivity contribution in [3.8, 4) is 0 Å². The van der Waals surface area contributed by atoms with Crippen LogP contribution in [0.1, 0.15) is 29.3 Å². The number of rotatable bonds is 6. The maximum Gasteiger partial charge on any atom is 0.223 e. The first kappa shape index (κ1) is 21.1. The Bertz CT molecular complexity index is 940. The zero-order chi connectivity index (χ0) is 21.6. The van der Waals surface area contributed by atoms with Gasteiger partial charge in [-0.2, -0.15) is 0 Å². The highest BCUT2D eigenvalue weighted by molar-refractivity contribution is 5.76. The van der Waals surface area contributed by atoms with E-state index >= 15 is 0 Å². The second kappa shape index (κ2) is 9.79. The van der Waals surface area contributed by atoms with Crippen molar-refractivity contribution < 1.29 is 13.6 Å². The Kier molecular flexibility index (Phi) is 6.67. The molecular formula is C25H25F2N3O. The molecule has 0 saturated carbocycles. The van der Waals surface area contributed by atoms with Gasteiger partial charge in [-0.05, 0) is 53.9 Å². The minimum absolute atomic E-state index is 0.119. The predicted octanol–water partition coefficient (Wildman–Crippen LogP) is 4.23. The number of amides is 1. The van der Waals surface area contributed by atoms with Gasteiger partial charge in [-0.3, -0.25) is 14.7 Å². The largest absolute Gasteiger partial charge is 0.340 e. The number of halogens is 2. The molecule has 160 valence electrons. The van der Waals surface area contributed by atoms with Gasteiger partial charge in [0, 0.05) is 44.5 Å². The SMILES string of the molecule is O=C(CCc1ccccn1)N1CCN(C(c2ccc(F)cc2)c2ccc(F)cc2)CC1. The molecule has 6 heteroatoms. The molecule has 0 atom stereocenters. The van der Waals surface area contributed by atoms with Crippen LogP contribution in [0.4, 0.5) is 8.78 Å². The molecule has 1 amide bonds. The van der Waals surface area contributed by atoms with Crippen LogP contribution in [0.3, 0.4) is 0 Å². The van der Waals surface area contributed by atoms with Gasteiger partial charge in [0.25, 0.3) is 0 Å². The third-order valence-corrected chi connectivity index (χ3v) is 5.72. The van der Waals surface area contributed by atoms with Crippen LogP contribution >= 0.6 is 0 Å². The standard InChI is InChI=1S/C25H25F2N3O/c26-21-8-4-19(5-9-21)25(20-6-10-22(27)11-7-20)30-17-15-29(16-18-30)24(31)13-12-23-3-1-2-14-28-23/h1-11,14,25H,12-13,15-18H2. The number of aromatic nitrogens is 1. The van der Waals surface area contributed by atoms with Crippen LogP contribution in [0, 0.1) is 11.6 Å². The fraction of sp³-hybridized carbons (Fsp3) is 0.280. The minimum Gasteiger partial charge on any atom is -0.340 e. The maximum absolute atomic E-state index is 13.5. The van der Waals surface area contributed by atoms with Crippen LogP contribution in [-0.2, 0) is 11.2 Å². The maximum atomic E-state index is 13.5. The summed E-state index contributed by atoms with van der Waals surface area (Å²) in [5.74, 6) is -0.444. The quantitative estimate of drug-likeness (QED) is 0.598. The third kappa shape index (κ3) is 5.33. The molecule has 1 aliphatic rings. The van der Waals surface area contributed by atoms with Gasteiger partial charge in [-0.15, -0.1) is 0 Å². The van der Waals surface area contributed by atoms with Crippen LogP contribution in [0.5, 0.6) is 0 Å². The normalized spacial score (nSPS) is 14.7. The van der Waals surface area contributed by atoms with Crippen LogP contribution in [0.15, 0.2) is 72.9 Å². The zero-order valence-electron chi connectivity index (χ0n) is 17.3. The van der Waals surface area contributed by atoms with E-state index in [1.165, 1.54) is 24.3 Å². The summed E-state index contributed by atoms with van der Waals surface area (Å²) >= 11 is 0. The van der Waals surface area contributed by atoms with Gasteiger partial charge in [0.05, 0.1) is 6.04 Å². The fourth-order valence-corrected chi connectivity index (χ4v) is 4.07. The lowest BCUT2D eigenvalue weighted by Crippen LogP contribution is -2.49. The van der Waals surface area contributed by atoms with Crippen LogP contribution in [0.2, 0.25) is 0 Å². The van der Waals surface area contributed by atoms with Crippen molar-refractivity contribution in [2.75, 3.05) is 26.2 Å². The first-order chi connectivity index (χ1) is 15.1. The molecule has 0 bridgehead atoms. The Hall–Kier alpha value is -3.12. The van der Waals surface area contributed by atoms with Crippen molar-refractivity contribution in [1.29, 1.82) is 0 Å². The van der Waals surface area contributed by atoms with Gasteiger partial charge in [0.15, 0.2) is 0 Å². The Morgan fingerprint density at radius 3 is 1.94 bits per heavy atom. The Morgan fingerprint density at radius 2 is 1.42 bits per heavy atom. The molecule has 4 rings (SSSR count). The molecule has 2 heterocycles. The molecule has 1 fully saturated rings. The van der Waals surface area contributed by atoms with Crippen LogP contribution in [0.25, 0.3) is 0 Å². The molecule has 0 N–H and O–H groups in total. The van der Waals surface area contributed by atoms with E-state index in [2.05, 4.69) is 9.88 Å². The second-order valence-corrected chi connectivity index (χ2v) is 7.74. The molecule has 2 aromatic carbocycles. The Balaban J connectivity index is 1.43. The van der Waals surface area contributed by atoms with E-state index in [0.717, 1.165) is 16.8 Å². The summed E-state index contributed by atoms with van der Waals surface area (Å²) in [5, 5.41) is 0. The van der Waals surface area contributed by atoms with Crippen LogP contribution < -0.4 is 0 Å². The van der Waals surface area contributed by atoms with Gasteiger partial charge in [0.1, 0.15) is 11.6 Å². The summed E-state index contributed by atoms with van der Waals surface area (Å²) in [5.41, 5.74) is 2.81. The summed E-state index contributed by atoms with van der Waals surface area (Å²) in [6.07, 6.45) is 2.81. The van der Waals surface area contributed by atoms with Gasteiger partial charge < -0.3 is 4.90 Å².